The van der Waals surface area contributed by atoms with E-state index in [1.54, 1.807) is 6.07 Å². The number of amidine groups is 1. The van der Waals surface area contributed by atoms with Crippen molar-refractivity contribution in [3.63, 3.8) is 0 Å². The van der Waals surface area contributed by atoms with Gasteiger partial charge in [0.05, 0.1) is 16.8 Å². The van der Waals surface area contributed by atoms with Crippen molar-refractivity contribution in [1.29, 1.82) is 0 Å². The Morgan fingerprint density at radius 2 is 2.08 bits per heavy atom. The third kappa shape index (κ3) is 2.85. The summed E-state index contributed by atoms with van der Waals surface area (Å²) in [6, 6.07) is 6.67. The van der Waals surface area contributed by atoms with Gasteiger partial charge in [0, 0.05) is 17.2 Å². The van der Waals surface area contributed by atoms with Crippen LogP contribution in [-0.4, -0.2) is 16.8 Å². The van der Waals surface area contributed by atoms with Gasteiger partial charge in [0.1, 0.15) is 11.6 Å². The molecule has 0 fully saturated rings. The monoisotopic (exact) mass is 393 g/mol. The Bertz CT molecular complexity index is 966. The van der Waals surface area contributed by atoms with E-state index in [0.717, 1.165) is 29.4 Å². The van der Waals surface area contributed by atoms with Crippen molar-refractivity contribution in [2.24, 2.45) is 10.7 Å². The van der Waals surface area contributed by atoms with Crippen molar-refractivity contribution in [3.05, 3.63) is 63.7 Å². The van der Waals surface area contributed by atoms with Crippen LogP contribution in [0.4, 0.5) is 14.5 Å². The molecule has 1 atom stereocenters. The Balaban J connectivity index is 1.65. The van der Waals surface area contributed by atoms with Crippen LogP contribution in [0.15, 0.2) is 35.3 Å². The molecule has 2 aromatic carbocycles. The van der Waals surface area contributed by atoms with Crippen LogP contribution in [0.5, 0.6) is 0 Å². The third-order valence-electron chi connectivity index (χ3n) is 4.69. The summed E-state index contributed by atoms with van der Waals surface area (Å²) in [5, 5.41) is 3.13. The average Bonchev–Trinajstić information content (AvgIpc) is 2.57. The number of halogens is 3. The Morgan fingerprint density at radius 1 is 1.27 bits per heavy atom. The smallest absolute Gasteiger partial charge is 0.258 e. The van der Waals surface area contributed by atoms with Crippen molar-refractivity contribution in [2.45, 2.75) is 18.4 Å². The number of amides is 1. The van der Waals surface area contributed by atoms with Gasteiger partial charge in [-0.05, 0) is 47.9 Å². The molecule has 0 saturated carbocycles. The second-order valence-electron chi connectivity index (χ2n) is 6.32. The SMILES string of the molecule is NC1=NC2(CCS1)Cc1cc(F)c(NC(=O)c3ccc(Cl)cc3F)cc12. The van der Waals surface area contributed by atoms with E-state index in [1.807, 2.05) is 0 Å². The first-order chi connectivity index (χ1) is 12.4. The zero-order valence-corrected chi connectivity index (χ0v) is 15.1. The van der Waals surface area contributed by atoms with Gasteiger partial charge in [-0.3, -0.25) is 9.79 Å². The van der Waals surface area contributed by atoms with Gasteiger partial charge in [0.2, 0.25) is 0 Å². The summed E-state index contributed by atoms with van der Waals surface area (Å²) in [5.41, 5.74) is 6.90. The summed E-state index contributed by atoms with van der Waals surface area (Å²) >= 11 is 7.18. The molecule has 8 heteroatoms. The molecule has 1 spiro atoms. The lowest BCUT2D eigenvalue weighted by Gasteiger charge is -2.43. The maximum atomic E-state index is 14.3. The van der Waals surface area contributed by atoms with Crippen molar-refractivity contribution in [1.82, 2.24) is 0 Å². The van der Waals surface area contributed by atoms with E-state index in [0.29, 0.717) is 11.6 Å². The fourth-order valence-corrected chi connectivity index (χ4v) is 4.45. The molecule has 4 nitrogen and oxygen atoms in total. The molecule has 1 heterocycles. The summed E-state index contributed by atoms with van der Waals surface area (Å²) < 4.78 is 28.3. The highest BCUT2D eigenvalue weighted by molar-refractivity contribution is 8.13. The highest BCUT2D eigenvalue weighted by atomic mass is 35.5. The van der Waals surface area contributed by atoms with Crippen LogP contribution >= 0.6 is 23.4 Å². The van der Waals surface area contributed by atoms with Gasteiger partial charge in [-0.1, -0.05) is 23.4 Å². The average molecular weight is 394 g/mol. The summed E-state index contributed by atoms with van der Waals surface area (Å²) in [4.78, 5) is 16.9. The third-order valence-corrected chi connectivity index (χ3v) is 5.72. The van der Waals surface area contributed by atoms with Gasteiger partial charge in [-0.25, -0.2) is 8.78 Å². The van der Waals surface area contributed by atoms with Gasteiger partial charge in [0.15, 0.2) is 5.17 Å². The van der Waals surface area contributed by atoms with Gasteiger partial charge >= 0.3 is 0 Å². The van der Waals surface area contributed by atoms with Crippen molar-refractivity contribution >= 4 is 40.1 Å². The molecule has 0 bridgehead atoms. The van der Waals surface area contributed by atoms with Crippen LogP contribution in [0.1, 0.15) is 27.9 Å². The fraction of sp³-hybridized carbons (Fsp3) is 0.222. The number of thioether (sulfide) groups is 1. The lowest BCUT2D eigenvalue weighted by Crippen LogP contribution is -2.41. The lowest BCUT2D eigenvalue weighted by atomic mass is 9.69. The van der Waals surface area contributed by atoms with Gasteiger partial charge < -0.3 is 11.1 Å². The molecular formula is C18H14ClF2N3OS. The Kier molecular flexibility index (Phi) is 4.16. The van der Waals surface area contributed by atoms with Crippen LogP contribution in [0.2, 0.25) is 5.02 Å². The van der Waals surface area contributed by atoms with E-state index in [-0.39, 0.29) is 16.3 Å². The first-order valence-corrected chi connectivity index (χ1v) is 9.32. The number of nitrogens with two attached hydrogens (primary N) is 1. The second-order valence-corrected chi connectivity index (χ2v) is 7.88. The fourth-order valence-electron chi connectivity index (χ4n) is 3.40. The van der Waals surface area contributed by atoms with Gasteiger partial charge in [-0.2, -0.15) is 0 Å². The zero-order chi connectivity index (χ0) is 18.5. The predicted molar refractivity (Wildman–Crippen MR) is 99.8 cm³/mol. The first-order valence-electron chi connectivity index (χ1n) is 7.95. The van der Waals surface area contributed by atoms with E-state index < -0.39 is 23.1 Å². The van der Waals surface area contributed by atoms with E-state index in [9.17, 15) is 13.6 Å². The van der Waals surface area contributed by atoms with Crippen LogP contribution in [0, 0.1) is 11.6 Å². The number of nitrogens with one attached hydrogen (secondary N) is 1. The standard InChI is InChI=1S/C18H14ClF2N3OS/c19-10-1-2-11(13(20)6-10)16(25)23-15-7-12-9(5-14(15)21)8-18(12)3-4-26-17(22)24-18/h1-2,5-7H,3-4,8H2,(H2,22,24)(H,23,25). The number of anilines is 1. The maximum Gasteiger partial charge on any atom is 0.258 e. The molecule has 1 unspecified atom stereocenters. The lowest BCUT2D eigenvalue weighted by molar-refractivity contribution is 0.102. The number of carbonyl (C=O) groups excluding carboxylic acids is 1. The number of hydrogen-bond donors (Lipinski definition) is 2. The van der Waals surface area contributed by atoms with Crippen LogP contribution in [-0.2, 0) is 12.0 Å². The van der Waals surface area contributed by atoms with Crippen LogP contribution in [0.3, 0.4) is 0 Å². The van der Waals surface area contributed by atoms with E-state index in [1.165, 1.54) is 30.0 Å². The van der Waals surface area contributed by atoms with E-state index in [2.05, 4.69) is 10.3 Å². The minimum absolute atomic E-state index is 0.00540. The highest BCUT2D eigenvalue weighted by Crippen LogP contribution is 2.49. The molecule has 134 valence electrons. The van der Waals surface area contributed by atoms with Crippen molar-refractivity contribution in [2.75, 3.05) is 11.1 Å². The first kappa shape index (κ1) is 17.3. The molecule has 3 N–H and O–H groups in total. The molecule has 2 aromatic rings. The number of carbonyl (C=O) groups is 1. The molecule has 1 aliphatic heterocycles. The Hall–Kier alpha value is -2.12. The van der Waals surface area contributed by atoms with E-state index in [4.69, 9.17) is 17.3 Å². The predicted octanol–water partition coefficient (Wildman–Crippen LogP) is 4.07. The van der Waals surface area contributed by atoms with Crippen molar-refractivity contribution in [3.8, 4) is 0 Å². The largest absolute Gasteiger partial charge is 0.379 e. The summed E-state index contributed by atoms with van der Waals surface area (Å²) in [6.45, 7) is 0. The number of nitrogens with zero attached hydrogens (tertiary/aromatic N) is 1. The topological polar surface area (TPSA) is 67.5 Å². The number of benzene rings is 2. The number of fused-ring (bicyclic) bond motifs is 2. The summed E-state index contributed by atoms with van der Waals surface area (Å²) in [6.07, 6.45) is 1.43. The Labute approximate surface area is 157 Å². The molecule has 4 rings (SSSR count). The number of rotatable bonds is 2. The molecule has 2 aliphatic rings. The molecule has 1 amide bonds. The minimum atomic E-state index is -0.766. The quantitative estimate of drug-likeness (QED) is 0.808. The molecule has 1 aliphatic carbocycles. The minimum Gasteiger partial charge on any atom is -0.379 e. The van der Waals surface area contributed by atoms with Gasteiger partial charge in [-0.15, -0.1) is 0 Å². The second kappa shape index (κ2) is 6.25. The maximum absolute atomic E-state index is 14.3. The molecule has 26 heavy (non-hydrogen) atoms. The van der Waals surface area contributed by atoms with E-state index >= 15 is 0 Å². The molecule has 0 saturated heterocycles. The Morgan fingerprint density at radius 3 is 2.81 bits per heavy atom. The number of hydrogen-bond acceptors (Lipinski definition) is 4. The zero-order valence-electron chi connectivity index (χ0n) is 13.5. The van der Waals surface area contributed by atoms with Gasteiger partial charge in [0.25, 0.3) is 5.91 Å². The highest BCUT2D eigenvalue weighted by Gasteiger charge is 2.45. The van der Waals surface area contributed by atoms with Crippen LogP contribution < -0.4 is 11.1 Å². The van der Waals surface area contributed by atoms with Crippen molar-refractivity contribution < 1.29 is 13.6 Å². The summed E-state index contributed by atoms with van der Waals surface area (Å²) in [7, 11) is 0. The summed E-state index contributed by atoms with van der Waals surface area (Å²) in [5.74, 6) is -1.24. The molecule has 0 aromatic heterocycles. The van der Waals surface area contributed by atoms with Crippen LogP contribution in [0.25, 0.3) is 0 Å². The molecular weight excluding hydrogens is 380 g/mol. The normalized spacial score (nSPS) is 21.0. The number of aliphatic imine (C=N–C) groups is 1. The molecule has 0 radical (unpaired) electrons.